The lowest BCUT2D eigenvalue weighted by Gasteiger charge is -2.18. The minimum absolute atomic E-state index is 0.00102. The van der Waals surface area contributed by atoms with Crippen molar-refractivity contribution in [1.82, 2.24) is 5.32 Å². The van der Waals surface area contributed by atoms with Gasteiger partial charge in [0.15, 0.2) is 0 Å². The minimum Gasteiger partial charge on any atom is -0.381 e. The van der Waals surface area contributed by atoms with Crippen molar-refractivity contribution in [2.24, 2.45) is 5.92 Å². The molecule has 0 saturated carbocycles. The second kappa shape index (κ2) is 5.86. The van der Waals surface area contributed by atoms with Crippen molar-refractivity contribution in [2.75, 3.05) is 13.2 Å². The van der Waals surface area contributed by atoms with Gasteiger partial charge in [-0.1, -0.05) is 6.07 Å². The molecule has 0 bridgehead atoms. The molecule has 0 unspecified atom stereocenters. The molecule has 1 aliphatic heterocycles. The summed E-state index contributed by atoms with van der Waals surface area (Å²) in [5.41, 5.74) is 1.15. The van der Waals surface area contributed by atoms with E-state index in [9.17, 15) is 4.79 Å². The molecule has 1 saturated heterocycles. The number of hydrogen-bond acceptors (Lipinski definition) is 4. The molecule has 1 fully saturated rings. The van der Waals surface area contributed by atoms with Crippen molar-refractivity contribution in [3.63, 3.8) is 0 Å². The number of carbonyl (C=O) groups is 1. The summed E-state index contributed by atoms with van der Waals surface area (Å²) in [4.78, 5) is 13.4. The molecule has 0 aliphatic carbocycles. The van der Waals surface area contributed by atoms with Crippen LogP contribution in [0.3, 0.4) is 0 Å². The van der Waals surface area contributed by atoms with Gasteiger partial charge in [-0.2, -0.15) is 11.3 Å². The Labute approximate surface area is 120 Å². The maximum Gasteiger partial charge on any atom is 0.226 e. The van der Waals surface area contributed by atoms with Crippen molar-refractivity contribution in [2.45, 2.75) is 12.5 Å². The van der Waals surface area contributed by atoms with Crippen LogP contribution in [0.25, 0.3) is 0 Å². The van der Waals surface area contributed by atoms with Gasteiger partial charge in [0.05, 0.1) is 18.6 Å². The Morgan fingerprint density at radius 1 is 1.42 bits per heavy atom. The normalized spacial score (nSPS) is 20.3. The number of thiophene rings is 2. The maximum atomic E-state index is 12.3. The van der Waals surface area contributed by atoms with Crippen LogP contribution in [-0.2, 0) is 9.53 Å². The van der Waals surface area contributed by atoms with Crippen LogP contribution in [0.1, 0.15) is 22.9 Å². The van der Waals surface area contributed by atoms with Gasteiger partial charge in [0.2, 0.25) is 5.91 Å². The summed E-state index contributed by atoms with van der Waals surface area (Å²) in [5, 5.41) is 9.34. The van der Waals surface area contributed by atoms with Gasteiger partial charge in [-0.05, 0) is 40.3 Å². The SMILES string of the molecule is O=C(N[C@@H](c1ccsc1)c1cccs1)[C@@H]1CCOC1. The summed E-state index contributed by atoms with van der Waals surface area (Å²) in [5.74, 6) is 0.100. The van der Waals surface area contributed by atoms with Crippen molar-refractivity contribution >= 4 is 28.6 Å². The van der Waals surface area contributed by atoms with E-state index in [1.807, 2.05) is 16.8 Å². The zero-order valence-electron chi connectivity index (χ0n) is 10.4. The minimum atomic E-state index is -0.0284. The number of nitrogens with one attached hydrogen (secondary N) is 1. The Morgan fingerprint density at radius 2 is 2.37 bits per heavy atom. The van der Waals surface area contributed by atoms with E-state index in [-0.39, 0.29) is 17.9 Å². The fourth-order valence-electron chi connectivity index (χ4n) is 2.21. The number of hydrogen-bond donors (Lipinski definition) is 1. The smallest absolute Gasteiger partial charge is 0.226 e. The summed E-state index contributed by atoms with van der Waals surface area (Å²) in [6, 6.07) is 6.13. The molecule has 1 amide bonds. The molecular weight excluding hydrogens is 278 g/mol. The zero-order chi connectivity index (χ0) is 13.1. The van der Waals surface area contributed by atoms with E-state index in [1.54, 1.807) is 22.7 Å². The average molecular weight is 293 g/mol. The molecule has 0 radical (unpaired) electrons. The third kappa shape index (κ3) is 2.88. The van der Waals surface area contributed by atoms with Gasteiger partial charge >= 0.3 is 0 Å². The van der Waals surface area contributed by atoms with E-state index < -0.39 is 0 Å². The average Bonchev–Trinajstić information content (AvgIpc) is 3.17. The van der Waals surface area contributed by atoms with Gasteiger partial charge in [0.1, 0.15) is 0 Å². The molecule has 3 nitrogen and oxygen atoms in total. The van der Waals surface area contributed by atoms with Crippen LogP contribution in [0.4, 0.5) is 0 Å². The Morgan fingerprint density at radius 3 is 3.00 bits per heavy atom. The van der Waals surface area contributed by atoms with E-state index in [0.29, 0.717) is 13.2 Å². The van der Waals surface area contributed by atoms with Crippen LogP contribution < -0.4 is 5.32 Å². The lowest BCUT2D eigenvalue weighted by Crippen LogP contribution is -2.34. The van der Waals surface area contributed by atoms with Crippen LogP contribution in [-0.4, -0.2) is 19.1 Å². The Bertz CT molecular complexity index is 481. The molecule has 2 aromatic rings. The molecule has 3 heterocycles. The number of rotatable bonds is 4. The van der Waals surface area contributed by atoms with Crippen LogP contribution in [0.5, 0.6) is 0 Å². The summed E-state index contributed by atoms with van der Waals surface area (Å²) >= 11 is 3.33. The molecule has 5 heteroatoms. The molecule has 3 rings (SSSR count). The number of carbonyl (C=O) groups excluding carboxylic acids is 1. The lowest BCUT2D eigenvalue weighted by atomic mass is 10.1. The first kappa shape index (κ1) is 12.8. The van der Waals surface area contributed by atoms with Crippen molar-refractivity contribution < 1.29 is 9.53 Å². The highest BCUT2D eigenvalue weighted by molar-refractivity contribution is 7.10. The van der Waals surface area contributed by atoms with E-state index in [0.717, 1.165) is 12.0 Å². The monoisotopic (exact) mass is 293 g/mol. The Balaban J connectivity index is 1.78. The first-order valence-corrected chi connectivity index (χ1v) is 8.10. The standard InChI is InChI=1S/C14H15NO2S2/c16-14(10-3-5-17-8-10)15-13(11-4-7-18-9-11)12-2-1-6-19-12/h1-2,4,6-7,9-10,13H,3,5,8H2,(H,15,16)/t10-,13+/m1/s1. The van der Waals surface area contributed by atoms with Gasteiger partial charge in [-0.3, -0.25) is 4.79 Å². The topological polar surface area (TPSA) is 38.3 Å². The van der Waals surface area contributed by atoms with Crippen molar-refractivity contribution in [1.29, 1.82) is 0 Å². The largest absolute Gasteiger partial charge is 0.381 e. The molecule has 0 spiro atoms. The highest BCUT2D eigenvalue weighted by Gasteiger charge is 2.27. The highest BCUT2D eigenvalue weighted by Crippen LogP contribution is 2.28. The van der Waals surface area contributed by atoms with Crippen molar-refractivity contribution in [3.05, 3.63) is 44.8 Å². The lowest BCUT2D eigenvalue weighted by molar-refractivity contribution is -0.125. The summed E-state index contributed by atoms with van der Waals surface area (Å²) in [6.45, 7) is 1.24. The first-order chi connectivity index (χ1) is 9.34. The maximum absolute atomic E-state index is 12.3. The fourth-order valence-corrected chi connectivity index (χ4v) is 3.70. The summed E-state index contributed by atoms with van der Waals surface area (Å²) in [6.07, 6.45) is 0.826. The molecule has 19 heavy (non-hydrogen) atoms. The van der Waals surface area contributed by atoms with Crippen molar-refractivity contribution in [3.8, 4) is 0 Å². The van der Waals surface area contributed by atoms with Gasteiger partial charge in [0, 0.05) is 11.5 Å². The second-order valence-corrected chi connectivity index (χ2v) is 6.33. The van der Waals surface area contributed by atoms with Crippen LogP contribution in [0.2, 0.25) is 0 Å². The molecule has 1 aliphatic rings. The fraction of sp³-hybridized carbons (Fsp3) is 0.357. The summed E-state index contributed by atoms with van der Waals surface area (Å²) in [7, 11) is 0. The molecular formula is C14H15NO2S2. The predicted molar refractivity (Wildman–Crippen MR) is 77.5 cm³/mol. The predicted octanol–water partition coefficient (Wildman–Crippen LogP) is 3.05. The van der Waals surface area contributed by atoms with E-state index in [4.69, 9.17) is 4.74 Å². The van der Waals surface area contributed by atoms with Gasteiger partial charge in [-0.25, -0.2) is 0 Å². The second-order valence-electron chi connectivity index (χ2n) is 4.57. The number of ether oxygens (including phenoxy) is 1. The highest BCUT2D eigenvalue weighted by atomic mass is 32.1. The van der Waals surface area contributed by atoms with Gasteiger partial charge in [-0.15, -0.1) is 11.3 Å². The van der Waals surface area contributed by atoms with Crippen LogP contribution in [0.15, 0.2) is 34.3 Å². The number of amides is 1. The Kier molecular flexibility index (Phi) is 3.96. The molecule has 100 valence electrons. The van der Waals surface area contributed by atoms with E-state index in [2.05, 4.69) is 22.8 Å². The van der Waals surface area contributed by atoms with E-state index >= 15 is 0 Å². The van der Waals surface area contributed by atoms with Gasteiger partial charge < -0.3 is 10.1 Å². The van der Waals surface area contributed by atoms with Gasteiger partial charge in [0.25, 0.3) is 0 Å². The molecule has 2 aromatic heterocycles. The molecule has 1 N–H and O–H groups in total. The third-order valence-corrected chi connectivity index (χ3v) is 4.93. The first-order valence-electron chi connectivity index (χ1n) is 6.28. The van der Waals surface area contributed by atoms with E-state index in [1.165, 1.54) is 4.88 Å². The zero-order valence-corrected chi connectivity index (χ0v) is 12.0. The Hall–Kier alpha value is -1.17. The summed E-state index contributed by atoms with van der Waals surface area (Å²) < 4.78 is 5.29. The third-order valence-electron chi connectivity index (χ3n) is 3.29. The van der Waals surface area contributed by atoms with Crippen LogP contribution in [0, 0.1) is 5.92 Å². The van der Waals surface area contributed by atoms with Crippen LogP contribution >= 0.6 is 22.7 Å². The quantitative estimate of drug-likeness (QED) is 0.941. The molecule has 2 atom stereocenters. The molecule has 0 aromatic carbocycles.